The molecule has 1 fully saturated rings. The van der Waals surface area contributed by atoms with E-state index in [4.69, 9.17) is 4.74 Å². The summed E-state index contributed by atoms with van der Waals surface area (Å²) in [6, 6.07) is 4.99. The number of halogens is 1. The third kappa shape index (κ3) is 3.32. The smallest absolute Gasteiger partial charge is 0.240 e. The fraction of sp³-hybridized carbons (Fsp3) is 0.500. The topological polar surface area (TPSA) is 55.4 Å². The third-order valence-electron chi connectivity index (χ3n) is 2.96. The van der Waals surface area contributed by atoms with Crippen molar-refractivity contribution >= 4 is 26.0 Å². The Hall–Kier alpha value is -0.430. The molecule has 0 radical (unpaired) electrons. The minimum Gasteiger partial charge on any atom is -0.377 e. The monoisotopic (exact) mass is 333 g/mol. The number of sulfonamides is 1. The highest BCUT2D eigenvalue weighted by molar-refractivity contribution is 9.10. The summed E-state index contributed by atoms with van der Waals surface area (Å²) in [4.78, 5) is 0.293. The maximum absolute atomic E-state index is 12.1. The van der Waals surface area contributed by atoms with Crippen molar-refractivity contribution in [3.8, 4) is 0 Å². The SMILES string of the molecule is Cc1cc(S(=O)(=O)NC[C@@H]2CCCO2)ccc1Br. The van der Waals surface area contributed by atoms with Crippen LogP contribution < -0.4 is 4.72 Å². The molecule has 0 unspecified atom stereocenters. The van der Waals surface area contributed by atoms with Gasteiger partial charge in [-0.1, -0.05) is 15.9 Å². The molecular weight excluding hydrogens is 318 g/mol. The van der Waals surface area contributed by atoms with Crippen molar-refractivity contribution in [1.29, 1.82) is 0 Å². The first-order valence-electron chi connectivity index (χ1n) is 5.86. The molecule has 2 rings (SSSR count). The van der Waals surface area contributed by atoms with Crippen molar-refractivity contribution in [3.05, 3.63) is 28.2 Å². The Balaban J connectivity index is 2.07. The molecule has 1 saturated heterocycles. The average molecular weight is 334 g/mol. The van der Waals surface area contributed by atoms with Gasteiger partial charge in [0, 0.05) is 17.6 Å². The molecule has 1 atom stereocenters. The largest absolute Gasteiger partial charge is 0.377 e. The average Bonchev–Trinajstić information content (AvgIpc) is 2.83. The lowest BCUT2D eigenvalue weighted by Gasteiger charge is -2.12. The minimum atomic E-state index is -3.44. The maximum atomic E-state index is 12.1. The van der Waals surface area contributed by atoms with Gasteiger partial charge in [0.05, 0.1) is 11.0 Å². The highest BCUT2D eigenvalue weighted by atomic mass is 79.9. The fourth-order valence-corrected chi connectivity index (χ4v) is 3.27. The summed E-state index contributed by atoms with van der Waals surface area (Å²) >= 11 is 3.35. The number of hydrogen-bond donors (Lipinski definition) is 1. The van der Waals surface area contributed by atoms with E-state index in [2.05, 4.69) is 20.7 Å². The first-order chi connectivity index (χ1) is 8.49. The molecule has 1 aliphatic heterocycles. The molecule has 18 heavy (non-hydrogen) atoms. The van der Waals surface area contributed by atoms with E-state index in [1.165, 1.54) is 0 Å². The quantitative estimate of drug-likeness (QED) is 0.919. The molecule has 1 aliphatic rings. The first kappa shape index (κ1) is 14.0. The summed E-state index contributed by atoms with van der Waals surface area (Å²) in [6.07, 6.45) is 1.93. The Labute approximate surface area is 116 Å². The van der Waals surface area contributed by atoms with E-state index in [1.807, 2.05) is 6.92 Å². The molecule has 0 spiro atoms. The van der Waals surface area contributed by atoms with Gasteiger partial charge < -0.3 is 4.74 Å². The Morgan fingerprint density at radius 3 is 2.89 bits per heavy atom. The first-order valence-corrected chi connectivity index (χ1v) is 8.14. The standard InChI is InChI=1S/C12H16BrNO3S/c1-9-7-11(4-5-12(9)13)18(15,16)14-8-10-3-2-6-17-10/h4-5,7,10,14H,2-3,6,8H2,1H3/t10-/m0/s1. The summed E-state index contributed by atoms with van der Waals surface area (Å²) in [5.74, 6) is 0. The highest BCUT2D eigenvalue weighted by Gasteiger charge is 2.20. The van der Waals surface area contributed by atoms with Crippen molar-refractivity contribution in [2.24, 2.45) is 0 Å². The number of rotatable bonds is 4. The Morgan fingerprint density at radius 1 is 1.50 bits per heavy atom. The number of benzene rings is 1. The predicted molar refractivity (Wildman–Crippen MR) is 73.0 cm³/mol. The normalized spacial score (nSPS) is 20.2. The summed E-state index contributed by atoms with van der Waals surface area (Å²) in [5.41, 5.74) is 0.898. The van der Waals surface area contributed by atoms with Crippen molar-refractivity contribution in [2.45, 2.75) is 30.8 Å². The minimum absolute atomic E-state index is 0.0105. The Kier molecular flexibility index (Phi) is 4.42. The van der Waals surface area contributed by atoms with Gasteiger partial charge in [0.15, 0.2) is 0 Å². The zero-order valence-electron chi connectivity index (χ0n) is 10.1. The van der Waals surface area contributed by atoms with Crippen LogP contribution in [0.2, 0.25) is 0 Å². The van der Waals surface area contributed by atoms with Gasteiger partial charge in [-0.3, -0.25) is 0 Å². The summed E-state index contributed by atoms with van der Waals surface area (Å²) in [5, 5.41) is 0. The van der Waals surface area contributed by atoms with Crippen LogP contribution in [0.4, 0.5) is 0 Å². The van der Waals surface area contributed by atoms with E-state index in [-0.39, 0.29) is 6.10 Å². The third-order valence-corrected chi connectivity index (χ3v) is 5.28. The highest BCUT2D eigenvalue weighted by Crippen LogP contribution is 2.20. The van der Waals surface area contributed by atoms with Gasteiger partial charge in [0.2, 0.25) is 10.0 Å². The lowest BCUT2D eigenvalue weighted by Crippen LogP contribution is -2.31. The van der Waals surface area contributed by atoms with E-state index >= 15 is 0 Å². The number of ether oxygens (including phenoxy) is 1. The van der Waals surface area contributed by atoms with E-state index in [0.29, 0.717) is 11.4 Å². The zero-order valence-corrected chi connectivity index (χ0v) is 12.6. The second-order valence-corrected chi connectivity index (χ2v) is 7.02. The number of hydrogen-bond acceptors (Lipinski definition) is 3. The van der Waals surface area contributed by atoms with Gasteiger partial charge >= 0.3 is 0 Å². The molecule has 6 heteroatoms. The van der Waals surface area contributed by atoms with Crippen LogP contribution in [0.5, 0.6) is 0 Å². The van der Waals surface area contributed by atoms with Crippen molar-refractivity contribution < 1.29 is 13.2 Å². The lowest BCUT2D eigenvalue weighted by molar-refractivity contribution is 0.114. The number of aryl methyl sites for hydroxylation is 1. The molecule has 0 amide bonds. The van der Waals surface area contributed by atoms with Crippen molar-refractivity contribution in [2.75, 3.05) is 13.2 Å². The van der Waals surface area contributed by atoms with Gasteiger partial charge in [-0.25, -0.2) is 13.1 Å². The molecule has 0 aliphatic carbocycles. The molecule has 1 aromatic rings. The summed E-state index contributed by atoms with van der Waals surface area (Å²) < 4.78 is 33.0. The Morgan fingerprint density at radius 2 is 2.28 bits per heavy atom. The van der Waals surface area contributed by atoms with Crippen molar-refractivity contribution in [3.63, 3.8) is 0 Å². The molecule has 4 nitrogen and oxygen atoms in total. The molecular formula is C12H16BrNO3S. The van der Waals surface area contributed by atoms with Crippen LogP contribution in [0.15, 0.2) is 27.6 Å². The molecule has 0 aromatic heterocycles. The lowest BCUT2D eigenvalue weighted by atomic mass is 10.2. The van der Waals surface area contributed by atoms with Crippen LogP contribution in [-0.2, 0) is 14.8 Å². The molecule has 1 aromatic carbocycles. The second kappa shape index (κ2) is 5.69. The molecule has 1 N–H and O–H groups in total. The molecule has 0 saturated carbocycles. The van der Waals surface area contributed by atoms with Gasteiger partial charge in [-0.2, -0.15) is 0 Å². The van der Waals surface area contributed by atoms with Crippen molar-refractivity contribution in [1.82, 2.24) is 4.72 Å². The van der Waals surface area contributed by atoms with Gasteiger partial charge in [0.25, 0.3) is 0 Å². The maximum Gasteiger partial charge on any atom is 0.240 e. The van der Waals surface area contributed by atoms with E-state index < -0.39 is 10.0 Å². The predicted octanol–water partition coefficient (Wildman–Crippen LogP) is 2.21. The second-order valence-electron chi connectivity index (χ2n) is 4.40. The van der Waals surface area contributed by atoms with Gasteiger partial charge in [-0.15, -0.1) is 0 Å². The Bertz CT molecular complexity index is 524. The molecule has 100 valence electrons. The molecule has 1 heterocycles. The molecule has 0 bridgehead atoms. The van der Waals surface area contributed by atoms with Crippen LogP contribution in [0, 0.1) is 6.92 Å². The van der Waals surface area contributed by atoms with E-state index in [1.54, 1.807) is 18.2 Å². The summed E-state index contributed by atoms with van der Waals surface area (Å²) in [6.45, 7) is 2.93. The van der Waals surface area contributed by atoms with Crippen LogP contribution in [0.25, 0.3) is 0 Å². The zero-order chi connectivity index (χ0) is 13.2. The van der Waals surface area contributed by atoms with E-state index in [9.17, 15) is 8.42 Å². The fourth-order valence-electron chi connectivity index (χ4n) is 1.88. The van der Waals surface area contributed by atoms with Crippen LogP contribution >= 0.6 is 15.9 Å². The van der Waals surface area contributed by atoms with Gasteiger partial charge in [0.1, 0.15) is 0 Å². The van der Waals surface area contributed by atoms with Crippen LogP contribution in [0.1, 0.15) is 18.4 Å². The van der Waals surface area contributed by atoms with E-state index in [0.717, 1.165) is 29.5 Å². The number of nitrogens with one attached hydrogen (secondary N) is 1. The van der Waals surface area contributed by atoms with Crippen LogP contribution in [-0.4, -0.2) is 27.7 Å². The van der Waals surface area contributed by atoms with Gasteiger partial charge in [-0.05, 0) is 43.5 Å². The summed E-state index contributed by atoms with van der Waals surface area (Å²) in [7, 11) is -3.44. The van der Waals surface area contributed by atoms with Crippen LogP contribution in [0.3, 0.4) is 0 Å².